The van der Waals surface area contributed by atoms with Gasteiger partial charge in [0.05, 0.1) is 11.3 Å². The van der Waals surface area contributed by atoms with Gasteiger partial charge in [-0.25, -0.2) is 23.5 Å². The summed E-state index contributed by atoms with van der Waals surface area (Å²) < 4.78 is 25.8. The highest BCUT2D eigenvalue weighted by Gasteiger charge is 2.10. The Balaban J connectivity index is 2.09. The second-order valence-electron chi connectivity index (χ2n) is 4.10. The number of aromatic carboxylic acids is 1. The number of halogens is 2. The summed E-state index contributed by atoms with van der Waals surface area (Å²) in [4.78, 5) is 18.6. The molecule has 0 saturated carbocycles. The molecule has 0 aliphatic rings. The lowest BCUT2D eigenvalue weighted by Gasteiger charge is -2.07. The molecule has 20 heavy (non-hydrogen) atoms. The summed E-state index contributed by atoms with van der Waals surface area (Å²) in [6, 6.07) is 3.54. The number of rotatable bonds is 4. The maximum Gasteiger partial charge on any atom is 0.339 e. The molecule has 0 amide bonds. The number of hydrogen-bond donors (Lipinski definition) is 2. The Bertz CT molecular complexity index is 662. The van der Waals surface area contributed by atoms with Gasteiger partial charge in [-0.1, -0.05) is 6.07 Å². The largest absolute Gasteiger partial charge is 0.478 e. The van der Waals surface area contributed by atoms with Crippen molar-refractivity contribution in [2.24, 2.45) is 0 Å². The molecule has 0 unspecified atom stereocenters. The number of aromatic nitrogens is 2. The Morgan fingerprint density at radius 2 is 2.10 bits per heavy atom. The summed E-state index contributed by atoms with van der Waals surface area (Å²) >= 11 is 0. The van der Waals surface area contributed by atoms with Gasteiger partial charge in [-0.05, 0) is 24.6 Å². The average Bonchev–Trinajstić information content (AvgIpc) is 2.40. The Kier molecular flexibility index (Phi) is 3.88. The topological polar surface area (TPSA) is 75.1 Å². The van der Waals surface area contributed by atoms with Gasteiger partial charge in [0.1, 0.15) is 0 Å². The first-order valence-corrected chi connectivity index (χ1v) is 5.72. The van der Waals surface area contributed by atoms with E-state index in [0.29, 0.717) is 11.3 Å². The van der Waals surface area contributed by atoms with Gasteiger partial charge in [0, 0.05) is 12.7 Å². The fourth-order valence-corrected chi connectivity index (χ4v) is 1.59. The van der Waals surface area contributed by atoms with E-state index in [9.17, 15) is 13.6 Å². The van der Waals surface area contributed by atoms with Crippen molar-refractivity contribution < 1.29 is 18.7 Å². The van der Waals surface area contributed by atoms with Crippen molar-refractivity contribution in [1.82, 2.24) is 9.97 Å². The monoisotopic (exact) mass is 279 g/mol. The molecule has 1 aromatic carbocycles. The number of aryl methyl sites for hydroxylation is 1. The van der Waals surface area contributed by atoms with E-state index in [1.54, 1.807) is 6.92 Å². The molecule has 0 aliphatic heterocycles. The second-order valence-corrected chi connectivity index (χ2v) is 4.10. The number of nitrogens with one attached hydrogen (secondary N) is 1. The summed E-state index contributed by atoms with van der Waals surface area (Å²) in [5.74, 6) is -2.72. The van der Waals surface area contributed by atoms with Crippen molar-refractivity contribution in [1.29, 1.82) is 0 Å². The number of carboxylic acid groups (broad SMARTS) is 1. The first kappa shape index (κ1) is 13.9. The smallest absolute Gasteiger partial charge is 0.339 e. The third-order valence-corrected chi connectivity index (χ3v) is 2.64. The van der Waals surface area contributed by atoms with Gasteiger partial charge in [0.2, 0.25) is 5.95 Å². The number of anilines is 1. The lowest BCUT2D eigenvalue weighted by atomic mass is 10.2. The van der Waals surface area contributed by atoms with Crippen LogP contribution in [0.1, 0.15) is 21.6 Å². The molecule has 2 rings (SSSR count). The number of benzene rings is 1. The maximum atomic E-state index is 13.0. The number of nitrogens with zero attached hydrogens (tertiary/aromatic N) is 2. The van der Waals surface area contributed by atoms with Crippen molar-refractivity contribution in [2.75, 3.05) is 5.32 Å². The normalized spacial score (nSPS) is 10.3. The first-order valence-electron chi connectivity index (χ1n) is 5.72. The highest BCUT2D eigenvalue weighted by Crippen LogP contribution is 2.11. The molecule has 0 aliphatic carbocycles. The van der Waals surface area contributed by atoms with Crippen molar-refractivity contribution in [3.8, 4) is 0 Å². The van der Waals surface area contributed by atoms with E-state index < -0.39 is 17.6 Å². The van der Waals surface area contributed by atoms with Gasteiger partial charge < -0.3 is 10.4 Å². The van der Waals surface area contributed by atoms with E-state index in [2.05, 4.69) is 15.3 Å². The number of hydrogen-bond acceptors (Lipinski definition) is 4. The van der Waals surface area contributed by atoms with E-state index in [4.69, 9.17) is 5.11 Å². The van der Waals surface area contributed by atoms with E-state index in [1.165, 1.54) is 12.3 Å². The molecule has 2 N–H and O–H groups in total. The molecule has 7 heteroatoms. The molecule has 0 bridgehead atoms. The molecular weight excluding hydrogens is 268 g/mol. The van der Waals surface area contributed by atoms with Crippen LogP contribution < -0.4 is 5.32 Å². The molecule has 5 nitrogen and oxygen atoms in total. The van der Waals surface area contributed by atoms with Crippen molar-refractivity contribution >= 4 is 11.9 Å². The van der Waals surface area contributed by atoms with Gasteiger partial charge >= 0.3 is 5.97 Å². The van der Waals surface area contributed by atoms with Gasteiger partial charge in [-0.15, -0.1) is 0 Å². The average molecular weight is 279 g/mol. The van der Waals surface area contributed by atoms with E-state index in [-0.39, 0.29) is 18.1 Å². The lowest BCUT2D eigenvalue weighted by molar-refractivity contribution is 0.0695. The predicted octanol–water partition coefficient (Wildman–Crippen LogP) is 2.37. The van der Waals surface area contributed by atoms with Gasteiger partial charge in [-0.2, -0.15) is 0 Å². The molecule has 0 fully saturated rings. The SMILES string of the molecule is Cc1nc(NCc2ccc(F)c(F)c2)ncc1C(=O)O. The molecule has 1 heterocycles. The molecule has 1 aromatic heterocycles. The van der Waals surface area contributed by atoms with Crippen LogP contribution in [0.15, 0.2) is 24.4 Å². The van der Waals surface area contributed by atoms with E-state index in [1.807, 2.05) is 0 Å². The fraction of sp³-hybridized carbons (Fsp3) is 0.154. The van der Waals surface area contributed by atoms with Gasteiger partial charge in [-0.3, -0.25) is 0 Å². The lowest BCUT2D eigenvalue weighted by Crippen LogP contribution is -2.08. The molecular formula is C13H11F2N3O2. The Labute approximate surface area is 113 Å². The minimum atomic E-state index is -1.10. The molecule has 104 valence electrons. The van der Waals surface area contributed by atoms with Crippen LogP contribution in [0.25, 0.3) is 0 Å². The molecule has 0 atom stereocenters. The fourth-order valence-electron chi connectivity index (χ4n) is 1.59. The highest BCUT2D eigenvalue weighted by atomic mass is 19.2. The summed E-state index contributed by atoms with van der Waals surface area (Å²) in [6.45, 7) is 1.75. The van der Waals surface area contributed by atoms with Crippen LogP contribution in [-0.4, -0.2) is 21.0 Å². The van der Waals surface area contributed by atoms with Crippen molar-refractivity contribution in [3.63, 3.8) is 0 Å². The molecule has 0 radical (unpaired) electrons. The zero-order valence-corrected chi connectivity index (χ0v) is 10.5. The van der Waals surface area contributed by atoms with E-state index >= 15 is 0 Å². The maximum absolute atomic E-state index is 13.0. The number of carbonyl (C=O) groups is 1. The molecule has 0 spiro atoms. The summed E-state index contributed by atoms with van der Waals surface area (Å²) in [6.07, 6.45) is 1.19. The van der Waals surface area contributed by atoms with Crippen molar-refractivity contribution in [3.05, 3.63) is 52.9 Å². The van der Waals surface area contributed by atoms with E-state index in [0.717, 1.165) is 12.1 Å². The third kappa shape index (κ3) is 3.05. The van der Waals surface area contributed by atoms with Crippen LogP contribution in [0, 0.1) is 18.6 Å². The summed E-state index contributed by atoms with van der Waals surface area (Å²) in [5, 5.41) is 11.7. The summed E-state index contributed by atoms with van der Waals surface area (Å²) in [7, 11) is 0. The van der Waals surface area contributed by atoms with Crippen LogP contribution in [0.4, 0.5) is 14.7 Å². The quantitative estimate of drug-likeness (QED) is 0.898. The Morgan fingerprint density at radius 3 is 2.70 bits per heavy atom. The van der Waals surface area contributed by atoms with Gasteiger partial charge in [0.25, 0.3) is 0 Å². The molecule has 2 aromatic rings. The van der Waals surface area contributed by atoms with Crippen LogP contribution in [0.3, 0.4) is 0 Å². The Hall–Kier alpha value is -2.57. The summed E-state index contributed by atoms with van der Waals surface area (Å²) in [5.41, 5.74) is 0.858. The minimum Gasteiger partial charge on any atom is -0.478 e. The van der Waals surface area contributed by atoms with Crippen LogP contribution in [-0.2, 0) is 6.54 Å². The van der Waals surface area contributed by atoms with Crippen LogP contribution in [0.5, 0.6) is 0 Å². The third-order valence-electron chi connectivity index (χ3n) is 2.64. The standard InChI is InChI=1S/C13H11F2N3O2/c1-7-9(12(19)20)6-17-13(18-7)16-5-8-2-3-10(14)11(15)4-8/h2-4,6H,5H2,1H3,(H,19,20)(H,16,17,18). The van der Waals surface area contributed by atoms with Crippen molar-refractivity contribution in [2.45, 2.75) is 13.5 Å². The predicted molar refractivity (Wildman–Crippen MR) is 67.4 cm³/mol. The zero-order valence-electron chi connectivity index (χ0n) is 10.5. The molecule has 0 saturated heterocycles. The van der Waals surface area contributed by atoms with Crippen LogP contribution >= 0.6 is 0 Å². The first-order chi connectivity index (χ1) is 9.47. The Morgan fingerprint density at radius 1 is 1.35 bits per heavy atom. The minimum absolute atomic E-state index is 0.0170. The number of carboxylic acids is 1. The van der Waals surface area contributed by atoms with Gasteiger partial charge in [0.15, 0.2) is 11.6 Å². The highest BCUT2D eigenvalue weighted by molar-refractivity contribution is 5.88. The van der Waals surface area contributed by atoms with Crippen LogP contribution in [0.2, 0.25) is 0 Å². The zero-order chi connectivity index (χ0) is 14.7. The second kappa shape index (κ2) is 5.60.